The highest BCUT2D eigenvalue weighted by Gasteiger charge is 2.28. The van der Waals surface area contributed by atoms with Crippen molar-refractivity contribution in [2.45, 2.75) is 18.9 Å². The lowest BCUT2D eigenvalue weighted by molar-refractivity contribution is 0.122. The minimum atomic E-state index is -0.460. The van der Waals surface area contributed by atoms with Gasteiger partial charge in [0.05, 0.1) is 6.10 Å². The van der Waals surface area contributed by atoms with Crippen LogP contribution in [0.2, 0.25) is 0 Å². The first-order valence-electron chi connectivity index (χ1n) is 8.33. The third-order valence-corrected chi connectivity index (χ3v) is 4.54. The Bertz CT molecular complexity index is 804. The van der Waals surface area contributed by atoms with Gasteiger partial charge in [-0.1, -0.05) is 60.7 Å². The summed E-state index contributed by atoms with van der Waals surface area (Å²) in [5.41, 5.74) is 6.63. The molecule has 0 aromatic heterocycles. The van der Waals surface area contributed by atoms with E-state index in [2.05, 4.69) is 60.7 Å². The summed E-state index contributed by atoms with van der Waals surface area (Å²) in [7, 11) is 0. The van der Waals surface area contributed by atoms with Crippen LogP contribution in [0.25, 0.3) is 11.1 Å². The van der Waals surface area contributed by atoms with Gasteiger partial charge >= 0.3 is 0 Å². The van der Waals surface area contributed by atoms with Crippen molar-refractivity contribution in [1.29, 1.82) is 0 Å². The molecule has 24 heavy (non-hydrogen) atoms. The summed E-state index contributed by atoms with van der Waals surface area (Å²) < 4.78 is 5.57. The van der Waals surface area contributed by atoms with E-state index in [0.717, 1.165) is 5.75 Å². The molecule has 0 spiro atoms. The molecule has 2 heteroatoms. The maximum Gasteiger partial charge on any atom is 0.119 e. The Balaban J connectivity index is 1.71. The fraction of sp³-hybridized carbons (Fsp3) is 0.182. The molecule has 0 fully saturated rings. The lowest BCUT2D eigenvalue weighted by Gasteiger charge is -2.15. The molecule has 1 unspecified atom stereocenters. The molecule has 1 N–H and O–H groups in total. The van der Waals surface area contributed by atoms with Gasteiger partial charge in [0.15, 0.2) is 0 Å². The van der Waals surface area contributed by atoms with Crippen LogP contribution >= 0.6 is 0 Å². The summed E-state index contributed by atoms with van der Waals surface area (Å²) in [4.78, 5) is 0. The van der Waals surface area contributed by atoms with E-state index < -0.39 is 6.10 Å². The molecule has 0 radical (unpaired) electrons. The van der Waals surface area contributed by atoms with E-state index in [9.17, 15) is 5.11 Å². The van der Waals surface area contributed by atoms with Crippen molar-refractivity contribution in [3.8, 4) is 16.9 Å². The van der Waals surface area contributed by atoms with Gasteiger partial charge in [-0.15, -0.1) is 0 Å². The molecule has 3 aromatic carbocycles. The molecule has 0 saturated heterocycles. The average Bonchev–Trinajstić information content (AvgIpc) is 2.95. The summed E-state index contributed by atoms with van der Waals surface area (Å²) in [6.07, 6.45) is -0.460. The summed E-state index contributed by atoms with van der Waals surface area (Å²) in [6, 6.07) is 25.5. The van der Waals surface area contributed by atoms with Crippen molar-refractivity contribution < 1.29 is 9.84 Å². The largest absolute Gasteiger partial charge is 0.491 e. The van der Waals surface area contributed by atoms with E-state index in [1.807, 2.05) is 12.1 Å². The molecule has 1 aliphatic rings. The number of hydrogen-bond acceptors (Lipinski definition) is 2. The van der Waals surface area contributed by atoms with Crippen molar-refractivity contribution in [3.63, 3.8) is 0 Å². The highest BCUT2D eigenvalue weighted by atomic mass is 16.5. The van der Waals surface area contributed by atoms with Gasteiger partial charge in [0.1, 0.15) is 12.4 Å². The molecule has 1 aliphatic carbocycles. The van der Waals surface area contributed by atoms with Gasteiger partial charge in [-0.05, 0) is 46.9 Å². The minimum absolute atomic E-state index is 0.267. The molecule has 120 valence electrons. The second-order valence-electron chi connectivity index (χ2n) is 6.34. The van der Waals surface area contributed by atoms with Gasteiger partial charge in [-0.3, -0.25) is 0 Å². The molecule has 2 nitrogen and oxygen atoms in total. The van der Waals surface area contributed by atoms with Gasteiger partial charge in [-0.25, -0.2) is 0 Å². The second-order valence-corrected chi connectivity index (χ2v) is 6.34. The fourth-order valence-electron chi connectivity index (χ4n) is 3.49. The summed E-state index contributed by atoms with van der Waals surface area (Å²) in [5.74, 6) is 1.06. The summed E-state index contributed by atoms with van der Waals surface area (Å²) in [6.45, 7) is 2.04. The molecule has 4 rings (SSSR count). The Kier molecular flexibility index (Phi) is 3.83. The number of rotatable bonds is 4. The maximum atomic E-state index is 9.33. The third-order valence-electron chi connectivity index (χ3n) is 4.54. The third kappa shape index (κ3) is 2.59. The van der Waals surface area contributed by atoms with Crippen LogP contribution in [-0.2, 0) is 0 Å². The van der Waals surface area contributed by atoms with E-state index in [-0.39, 0.29) is 5.92 Å². The van der Waals surface area contributed by atoms with Crippen LogP contribution < -0.4 is 4.74 Å². The first kappa shape index (κ1) is 15.0. The van der Waals surface area contributed by atoms with Crippen molar-refractivity contribution in [1.82, 2.24) is 0 Å². The Morgan fingerprint density at radius 2 is 1.38 bits per heavy atom. The maximum absolute atomic E-state index is 9.33. The van der Waals surface area contributed by atoms with E-state index >= 15 is 0 Å². The highest BCUT2D eigenvalue weighted by molar-refractivity contribution is 5.80. The Labute approximate surface area is 142 Å². The van der Waals surface area contributed by atoms with Crippen LogP contribution in [0.15, 0.2) is 72.8 Å². The van der Waals surface area contributed by atoms with E-state index in [4.69, 9.17) is 4.74 Å². The van der Waals surface area contributed by atoms with Crippen LogP contribution in [0.5, 0.6) is 5.75 Å². The van der Waals surface area contributed by atoms with E-state index in [1.54, 1.807) is 6.92 Å². The predicted molar refractivity (Wildman–Crippen MR) is 96.4 cm³/mol. The molecule has 3 aromatic rings. The van der Waals surface area contributed by atoms with Crippen LogP contribution in [0.4, 0.5) is 0 Å². The number of hydrogen-bond donors (Lipinski definition) is 1. The molecule has 0 heterocycles. The predicted octanol–water partition coefficient (Wildman–Crippen LogP) is 4.61. The molecule has 1 atom stereocenters. The zero-order valence-corrected chi connectivity index (χ0v) is 13.6. The Morgan fingerprint density at radius 1 is 0.833 bits per heavy atom. The zero-order chi connectivity index (χ0) is 16.5. The van der Waals surface area contributed by atoms with E-state index in [1.165, 1.54) is 27.8 Å². The summed E-state index contributed by atoms with van der Waals surface area (Å²) >= 11 is 0. The number of benzene rings is 3. The Morgan fingerprint density at radius 3 is 1.92 bits per heavy atom. The van der Waals surface area contributed by atoms with Crippen molar-refractivity contribution in [2.24, 2.45) is 0 Å². The van der Waals surface area contributed by atoms with Crippen LogP contribution in [0, 0.1) is 0 Å². The van der Waals surface area contributed by atoms with Gasteiger partial charge in [0, 0.05) is 5.92 Å². The average molecular weight is 316 g/mol. The molecular weight excluding hydrogens is 296 g/mol. The fourth-order valence-corrected chi connectivity index (χ4v) is 3.49. The van der Waals surface area contributed by atoms with Gasteiger partial charge in [0.25, 0.3) is 0 Å². The quantitative estimate of drug-likeness (QED) is 0.596. The lowest BCUT2D eigenvalue weighted by atomic mass is 9.89. The van der Waals surface area contributed by atoms with Gasteiger partial charge in [-0.2, -0.15) is 0 Å². The van der Waals surface area contributed by atoms with Crippen LogP contribution in [0.3, 0.4) is 0 Å². The van der Waals surface area contributed by atoms with Crippen molar-refractivity contribution in [2.75, 3.05) is 6.61 Å². The number of ether oxygens (including phenoxy) is 1. The normalized spacial score (nSPS) is 14.1. The highest BCUT2D eigenvalue weighted by Crippen LogP contribution is 2.47. The first-order valence-corrected chi connectivity index (χ1v) is 8.33. The van der Waals surface area contributed by atoms with Gasteiger partial charge < -0.3 is 9.84 Å². The molecule has 0 bridgehead atoms. The molecule has 0 saturated carbocycles. The van der Waals surface area contributed by atoms with Gasteiger partial charge in [0.2, 0.25) is 0 Å². The molecule has 0 amide bonds. The Hall–Kier alpha value is -2.58. The second kappa shape index (κ2) is 6.14. The number of aliphatic hydroxyl groups excluding tert-OH is 1. The molecular formula is C22H20O2. The monoisotopic (exact) mass is 316 g/mol. The number of fused-ring (bicyclic) bond motifs is 3. The van der Waals surface area contributed by atoms with Crippen LogP contribution in [0.1, 0.15) is 29.5 Å². The van der Waals surface area contributed by atoms with Crippen LogP contribution in [-0.4, -0.2) is 17.8 Å². The lowest BCUT2D eigenvalue weighted by Crippen LogP contribution is -2.12. The zero-order valence-electron chi connectivity index (χ0n) is 13.6. The topological polar surface area (TPSA) is 29.5 Å². The van der Waals surface area contributed by atoms with Crippen molar-refractivity contribution >= 4 is 0 Å². The smallest absolute Gasteiger partial charge is 0.119 e. The van der Waals surface area contributed by atoms with Crippen molar-refractivity contribution in [3.05, 3.63) is 89.5 Å². The SMILES string of the molecule is CC(O)COc1ccc(C2c3ccccc3-c3ccccc32)cc1. The summed E-state index contributed by atoms with van der Waals surface area (Å²) in [5, 5.41) is 9.33. The first-order chi connectivity index (χ1) is 11.7. The minimum Gasteiger partial charge on any atom is -0.491 e. The number of aliphatic hydroxyl groups is 1. The van der Waals surface area contributed by atoms with E-state index in [0.29, 0.717) is 6.61 Å². The molecule has 0 aliphatic heterocycles. The standard InChI is InChI=1S/C22H20O2/c1-15(23)14-24-17-12-10-16(11-13-17)22-20-8-4-2-6-18(20)19-7-3-5-9-21(19)22/h2-13,15,22-23H,14H2,1H3.